The van der Waals surface area contributed by atoms with Crippen molar-refractivity contribution in [3.05, 3.63) is 54.1 Å². The van der Waals surface area contributed by atoms with Crippen LogP contribution in [0.3, 0.4) is 0 Å². The van der Waals surface area contributed by atoms with Crippen LogP contribution in [0.25, 0.3) is 0 Å². The molecule has 4 rings (SSSR count). The molecule has 1 amide bonds. The van der Waals surface area contributed by atoms with Gasteiger partial charge in [0.05, 0.1) is 13.2 Å². The fourth-order valence-corrected chi connectivity index (χ4v) is 3.33. The van der Waals surface area contributed by atoms with Gasteiger partial charge in [0.25, 0.3) is 0 Å². The van der Waals surface area contributed by atoms with Gasteiger partial charge in [0.1, 0.15) is 19.3 Å². The molecule has 1 saturated heterocycles. The van der Waals surface area contributed by atoms with Crippen LogP contribution in [0.15, 0.2) is 48.5 Å². The molecule has 0 aromatic heterocycles. The Morgan fingerprint density at radius 1 is 0.923 bits per heavy atom. The molecule has 0 bridgehead atoms. The first-order valence-corrected chi connectivity index (χ1v) is 8.88. The number of ether oxygens (including phenoxy) is 3. The molecule has 1 N–H and O–H groups in total. The first-order valence-electron chi connectivity index (χ1n) is 8.88. The predicted octanol–water partition coefficient (Wildman–Crippen LogP) is 2.47. The third-order valence-corrected chi connectivity index (χ3v) is 4.58. The molecule has 2 aliphatic rings. The van der Waals surface area contributed by atoms with Crippen LogP contribution in [0.4, 0.5) is 5.69 Å². The predicted molar refractivity (Wildman–Crippen MR) is 97.6 cm³/mol. The molecule has 1 unspecified atom stereocenters. The SMILES string of the molecule is O=C(Nc1ccc2c(c1)OCCO2)C(c1ccccc1)N1CCOCC1. The number of carbonyl (C=O) groups excluding carboxylic acids is 1. The van der Waals surface area contributed by atoms with Crippen molar-refractivity contribution >= 4 is 11.6 Å². The maximum Gasteiger partial charge on any atom is 0.246 e. The molecule has 2 aromatic rings. The summed E-state index contributed by atoms with van der Waals surface area (Å²) in [5.41, 5.74) is 1.68. The number of fused-ring (bicyclic) bond motifs is 1. The van der Waals surface area contributed by atoms with Crippen molar-refractivity contribution in [3.63, 3.8) is 0 Å². The summed E-state index contributed by atoms with van der Waals surface area (Å²) in [5, 5.41) is 3.03. The summed E-state index contributed by atoms with van der Waals surface area (Å²) in [4.78, 5) is 15.3. The zero-order valence-corrected chi connectivity index (χ0v) is 14.5. The number of amides is 1. The number of rotatable bonds is 4. The molecule has 6 nitrogen and oxygen atoms in total. The summed E-state index contributed by atoms with van der Waals surface area (Å²) in [5.74, 6) is 1.31. The molecule has 2 aliphatic heterocycles. The number of morpholine rings is 1. The Hall–Kier alpha value is -2.57. The second kappa shape index (κ2) is 7.76. The highest BCUT2D eigenvalue weighted by molar-refractivity contribution is 5.95. The topological polar surface area (TPSA) is 60.0 Å². The van der Waals surface area contributed by atoms with Gasteiger partial charge in [-0.2, -0.15) is 0 Å². The van der Waals surface area contributed by atoms with Crippen LogP contribution in [-0.4, -0.2) is 50.3 Å². The summed E-state index contributed by atoms with van der Waals surface area (Å²) < 4.78 is 16.6. The molecule has 1 fully saturated rings. The van der Waals surface area contributed by atoms with Crippen LogP contribution in [0, 0.1) is 0 Å². The lowest BCUT2D eigenvalue weighted by molar-refractivity contribution is -0.123. The Morgan fingerprint density at radius 2 is 1.65 bits per heavy atom. The van der Waals surface area contributed by atoms with Crippen LogP contribution in [-0.2, 0) is 9.53 Å². The standard InChI is InChI=1S/C20H22N2O4/c23-20(21-16-6-7-17-18(14-16)26-13-12-25-17)19(15-4-2-1-3-5-15)22-8-10-24-11-9-22/h1-7,14,19H,8-13H2,(H,21,23). The normalized spacial score (nSPS) is 18.2. The average Bonchev–Trinajstić information content (AvgIpc) is 2.70. The quantitative estimate of drug-likeness (QED) is 0.914. The fraction of sp³-hybridized carbons (Fsp3) is 0.350. The van der Waals surface area contributed by atoms with Crippen molar-refractivity contribution in [1.29, 1.82) is 0 Å². The molecule has 0 spiro atoms. The van der Waals surface area contributed by atoms with E-state index in [9.17, 15) is 4.79 Å². The number of hydrogen-bond acceptors (Lipinski definition) is 5. The van der Waals surface area contributed by atoms with Gasteiger partial charge in [0.2, 0.25) is 5.91 Å². The van der Waals surface area contributed by atoms with E-state index in [0.717, 1.165) is 18.7 Å². The van der Waals surface area contributed by atoms with Crippen LogP contribution < -0.4 is 14.8 Å². The van der Waals surface area contributed by atoms with Gasteiger partial charge in [0.15, 0.2) is 11.5 Å². The molecule has 136 valence electrons. The third kappa shape index (κ3) is 3.66. The zero-order valence-electron chi connectivity index (χ0n) is 14.5. The minimum absolute atomic E-state index is 0.0604. The molecular formula is C20H22N2O4. The Balaban J connectivity index is 1.56. The minimum atomic E-state index is -0.353. The van der Waals surface area contributed by atoms with Gasteiger partial charge in [-0.25, -0.2) is 0 Å². The van der Waals surface area contributed by atoms with Crippen molar-refractivity contribution < 1.29 is 19.0 Å². The van der Waals surface area contributed by atoms with Gasteiger partial charge < -0.3 is 19.5 Å². The average molecular weight is 354 g/mol. The molecule has 0 aliphatic carbocycles. The minimum Gasteiger partial charge on any atom is -0.486 e. The first kappa shape index (κ1) is 16.9. The number of benzene rings is 2. The highest BCUT2D eigenvalue weighted by atomic mass is 16.6. The summed E-state index contributed by atoms with van der Waals surface area (Å²) in [6.45, 7) is 3.81. The van der Waals surface area contributed by atoms with Gasteiger partial charge in [-0.1, -0.05) is 30.3 Å². The smallest absolute Gasteiger partial charge is 0.246 e. The van der Waals surface area contributed by atoms with E-state index in [1.807, 2.05) is 48.5 Å². The molecule has 26 heavy (non-hydrogen) atoms. The largest absolute Gasteiger partial charge is 0.486 e. The molecular weight excluding hydrogens is 332 g/mol. The van der Waals surface area contributed by atoms with E-state index >= 15 is 0 Å². The molecule has 2 aromatic carbocycles. The van der Waals surface area contributed by atoms with E-state index < -0.39 is 0 Å². The molecule has 0 saturated carbocycles. The van der Waals surface area contributed by atoms with Crippen molar-refractivity contribution in [2.75, 3.05) is 44.8 Å². The van der Waals surface area contributed by atoms with E-state index in [1.54, 1.807) is 0 Å². The summed E-state index contributed by atoms with van der Waals surface area (Å²) in [6.07, 6.45) is 0. The highest BCUT2D eigenvalue weighted by Crippen LogP contribution is 2.33. The molecule has 1 atom stereocenters. The van der Waals surface area contributed by atoms with Gasteiger partial charge >= 0.3 is 0 Å². The molecule has 0 radical (unpaired) electrons. The monoisotopic (exact) mass is 354 g/mol. The van der Waals surface area contributed by atoms with Crippen LogP contribution in [0.2, 0.25) is 0 Å². The van der Waals surface area contributed by atoms with Crippen molar-refractivity contribution in [1.82, 2.24) is 4.90 Å². The van der Waals surface area contributed by atoms with Crippen LogP contribution in [0.5, 0.6) is 11.5 Å². The molecule has 2 heterocycles. The maximum absolute atomic E-state index is 13.1. The van der Waals surface area contributed by atoms with E-state index in [0.29, 0.717) is 43.6 Å². The second-order valence-corrected chi connectivity index (χ2v) is 6.31. The third-order valence-electron chi connectivity index (χ3n) is 4.58. The highest BCUT2D eigenvalue weighted by Gasteiger charge is 2.29. The van der Waals surface area contributed by atoms with Crippen molar-refractivity contribution in [3.8, 4) is 11.5 Å². The number of hydrogen-bond donors (Lipinski definition) is 1. The number of carbonyl (C=O) groups is 1. The number of anilines is 1. The van der Waals surface area contributed by atoms with Gasteiger partial charge in [-0.15, -0.1) is 0 Å². The summed E-state index contributed by atoms with van der Waals surface area (Å²) in [7, 11) is 0. The van der Waals surface area contributed by atoms with Gasteiger partial charge in [0, 0.05) is 24.8 Å². The second-order valence-electron chi connectivity index (χ2n) is 6.31. The number of nitrogens with one attached hydrogen (secondary N) is 1. The Bertz CT molecular complexity index is 760. The number of nitrogens with zero attached hydrogens (tertiary/aromatic N) is 1. The Kier molecular flexibility index (Phi) is 5.04. The van der Waals surface area contributed by atoms with Crippen molar-refractivity contribution in [2.45, 2.75) is 6.04 Å². The lowest BCUT2D eigenvalue weighted by Gasteiger charge is -2.33. The van der Waals surface area contributed by atoms with Gasteiger partial charge in [-0.3, -0.25) is 9.69 Å². The van der Waals surface area contributed by atoms with Crippen LogP contribution >= 0.6 is 0 Å². The van der Waals surface area contributed by atoms with Crippen molar-refractivity contribution in [2.24, 2.45) is 0 Å². The van der Waals surface area contributed by atoms with Gasteiger partial charge in [-0.05, 0) is 17.7 Å². The Labute approximate surface area is 152 Å². The van der Waals surface area contributed by atoms with E-state index in [2.05, 4.69) is 10.2 Å². The maximum atomic E-state index is 13.1. The summed E-state index contributed by atoms with van der Waals surface area (Å²) in [6, 6.07) is 15.0. The van der Waals surface area contributed by atoms with E-state index in [1.165, 1.54) is 0 Å². The molecule has 6 heteroatoms. The first-order chi connectivity index (χ1) is 12.8. The Morgan fingerprint density at radius 3 is 2.42 bits per heavy atom. The van der Waals surface area contributed by atoms with E-state index in [4.69, 9.17) is 14.2 Å². The van der Waals surface area contributed by atoms with Crippen LogP contribution in [0.1, 0.15) is 11.6 Å². The zero-order chi connectivity index (χ0) is 17.8. The van der Waals surface area contributed by atoms with E-state index in [-0.39, 0.29) is 11.9 Å². The lowest BCUT2D eigenvalue weighted by Crippen LogP contribution is -2.43. The fourth-order valence-electron chi connectivity index (χ4n) is 3.33. The summed E-state index contributed by atoms with van der Waals surface area (Å²) >= 11 is 0. The lowest BCUT2D eigenvalue weighted by atomic mass is 10.0.